The topological polar surface area (TPSA) is 107 Å². The van der Waals surface area contributed by atoms with Crippen LogP contribution in [0.15, 0.2) is 47.4 Å². The number of nitrogens with zero attached hydrogens (tertiary/aromatic N) is 2. The van der Waals surface area contributed by atoms with E-state index >= 15 is 4.39 Å². The number of hydrogen-bond donors (Lipinski definition) is 2. The summed E-state index contributed by atoms with van der Waals surface area (Å²) in [5.41, 5.74) is 5.14. The molecule has 7 nitrogen and oxygen atoms in total. The number of nitrogens with one attached hydrogen (secondary N) is 1. The molecule has 1 aromatic heterocycles. The zero-order chi connectivity index (χ0) is 25.3. The molecule has 3 N–H and O–H groups in total. The summed E-state index contributed by atoms with van der Waals surface area (Å²) in [5.74, 6) is 3.98. The van der Waals surface area contributed by atoms with E-state index < -0.39 is 27.1 Å². The molecule has 0 aliphatic rings. The van der Waals surface area contributed by atoms with E-state index in [9.17, 15) is 13.2 Å². The molecule has 0 aliphatic heterocycles. The lowest BCUT2D eigenvalue weighted by atomic mass is 10.1. The summed E-state index contributed by atoms with van der Waals surface area (Å²) in [6.45, 7) is 5.38. The fourth-order valence-electron chi connectivity index (χ4n) is 3.25. The normalized spacial score (nSPS) is 11.3. The van der Waals surface area contributed by atoms with Crippen molar-refractivity contribution < 1.29 is 17.6 Å². The average Bonchev–Trinajstić information content (AvgIpc) is 3.13. The number of rotatable bonds is 4. The van der Waals surface area contributed by atoms with Crippen LogP contribution in [-0.2, 0) is 9.84 Å². The number of hydrogen-bond acceptors (Lipinski definition) is 5. The highest BCUT2D eigenvalue weighted by Gasteiger charge is 2.33. The van der Waals surface area contributed by atoms with Crippen molar-refractivity contribution in [2.75, 3.05) is 12.8 Å². The second kappa shape index (κ2) is 10.8. The van der Waals surface area contributed by atoms with Gasteiger partial charge in [-0.15, -0.1) is 12.4 Å². The van der Waals surface area contributed by atoms with E-state index in [0.717, 1.165) is 10.9 Å². The second-order valence-corrected chi connectivity index (χ2v) is 11.0. The summed E-state index contributed by atoms with van der Waals surface area (Å²) in [5, 5.41) is 7.43. The Bertz CT molecular complexity index is 1420. The molecule has 2 aromatic carbocycles. The lowest BCUT2D eigenvalue weighted by Crippen LogP contribution is -2.41. The molecule has 0 saturated heterocycles. The molecule has 0 saturated carbocycles. The van der Waals surface area contributed by atoms with Gasteiger partial charge in [0.25, 0.3) is 5.91 Å². The van der Waals surface area contributed by atoms with Gasteiger partial charge in [-0.1, -0.05) is 35.6 Å². The van der Waals surface area contributed by atoms with Crippen molar-refractivity contribution in [1.29, 1.82) is 0 Å². The number of amides is 1. The molecule has 3 rings (SSSR count). The summed E-state index contributed by atoms with van der Waals surface area (Å²) in [6.07, 6.45) is 0.976. The van der Waals surface area contributed by atoms with Gasteiger partial charge in [-0.05, 0) is 51.1 Å². The first-order chi connectivity index (χ1) is 15.8. The lowest BCUT2D eigenvalue weighted by molar-refractivity contribution is 0.0910. The van der Waals surface area contributed by atoms with Gasteiger partial charge in [0.05, 0.1) is 12.2 Å². The Morgan fingerprint density at radius 2 is 1.83 bits per heavy atom. The number of sulfone groups is 1. The van der Waals surface area contributed by atoms with Crippen LogP contribution >= 0.6 is 24.0 Å². The first-order valence-electron chi connectivity index (χ1n) is 10.2. The van der Waals surface area contributed by atoms with Crippen LogP contribution in [-0.4, -0.2) is 42.4 Å². The molecule has 1 amide bonds. The van der Waals surface area contributed by atoms with Gasteiger partial charge in [-0.3, -0.25) is 4.79 Å². The molecule has 0 unspecified atom stereocenters. The van der Waals surface area contributed by atoms with Gasteiger partial charge in [-0.25, -0.2) is 17.5 Å². The van der Waals surface area contributed by atoms with Crippen molar-refractivity contribution in [2.45, 2.75) is 31.2 Å². The van der Waals surface area contributed by atoms with Gasteiger partial charge >= 0.3 is 0 Å². The first-order valence-corrected chi connectivity index (χ1v) is 12.5. The van der Waals surface area contributed by atoms with Crippen LogP contribution in [0.4, 0.5) is 4.39 Å². The van der Waals surface area contributed by atoms with Crippen molar-refractivity contribution in [3.63, 3.8) is 0 Å². The Balaban J connectivity index is 0.00000432. The number of aromatic nitrogens is 2. The van der Waals surface area contributed by atoms with E-state index in [0.29, 0.717) is 16.1 Å². The third kappa shape index (κ3) is 6.61. The molecule has 0 radical (unpaired) electrons. The summed E-state index contributed by atoms with van der Waals surface area (Å²) in [7, 11) is -3.98. The lowest BCUT2D eigenvalue weighted by Gasteiger charge is -2.19. The molecular weight excluding hydrogens is 514 g/mol. The first kappa shape index (κ1) is 28.3. The Labute approximate surface area is 215 Å². The number of carbonyl (C=O) groups is 1. The van der Waals surface area contributed by atoms with Gasteiger partial charge < -0.3 is 11.1 Å². The van der Waals surface area contributed by atoms with Gasteiger partial charge in [-0.2, -0.15) is 5.10 Å². The smallest absolute Gasteiger partial charge is 0.273 e. The zero-order valence-corrected chi connectivity index (χ0v) is 21.9. The minimum Gasteiger partial charge on any atom is -0.346 e. The van der Waals surface area contributed by atoms with Crippen LogP contribution in [0.25, 0.3) is 16.9 Å². The number of carbonyl (C=O) groups excluding carboxylic acids is 1. The van der Waals surface area contributed by atoms with E-state index in [1.807, 2.05) is 0 Å². The van der Waals surface area contributed by atoms with E-state index in [-0.39, 0.29) is 40.9 Å². The fourth-order valence-corrected chi connectivity index (χ4v) is 4.41. The highest BCUT2D eigenvalue weighted by atomic mass is 35.5. The maximum Gasteiger partial charge on any atom is 0.273 e. The molecule has 0 fully saturated rings. The van der Waals surface area contributed by atoms with Gasteiger partial charge in [0, 0.05) is 27.9 Å². The maximum atomic E-state index is 15.2. The van der Waals surface area contributed by atoms with Crippen molar-refractivity contribution in [2.24, 2.45) is 5.73 Å². The van der Waals surface area contributed by atoms with Gasteiger partial charge in [0.15, 0.2) is 15.5 Å². The quantitative estimate of drug-likeness (QED) is 0.488. The fraction of sp³-hybridized carbons (Fsp3) is 0.250. The summed E-state index contributed by atoms with van der Waals surface area (Å²) >= 11 is 6.01. The molecule has 0 atom stereocenters. The van der Waals surface area contributed by atoms with Crippen LogP contribution in [0, 0.1) is 17.7 Å². The monoisotopic (exact) mass is 538 g/mol. The molecule has 0 spiro atoms. The van der Waals surface area contributed by atoms with E-state index in [1.165, 1.54) is 12.1 Å². The Morgan fingerprint density at radius 1 is 1.20 bits per heavy atom. The second-order valence-electron chi connectivity index (χ2n) is 8.59. The number of halogens is 3. The van der Waals surface area contributed by atoms with Crippen molar-refractivity contribution in [3.05, 3.63) is 64.6 Å². The van der Waals surface area contributed by atoms with E-state index in [1.54, 1.807) is 51.1 Å². The molecule has 35 heavy (non-hydrogen) atoms. The van der Waals surface area contributed by atoms with Crippen LogP contribution < -0.4 is 11.1 Å². The number of benzene rings is 2. The molecule has 1 heterocycles. The summed E-state index contributed by atoms with van der Waals surface area (Å²) in [6, 6.07) is 10.5. The molecule has 3 aromatic rings. The third-order valence-corrected chi connectivity index (χ3v) is 5.92. The highest BCUT2D eigenvalue weighted by Crippen LogP contribution is 2.34. The molecule has 0 aliphatic carbocycles. The Hall–Kier alpha value is -2.90. The Kier molecular flexibility index (Phi) is 8.74. The van der Waals surface area contributed by atoms with E-state index in [2.05, 4.69) is 22.3 Å². The predicted octanol–water partition coefficient (Wildman–Crippen LogP) is 4.00. The minimum absolute atomic E-state index is 0. The van der Waals surface area contributed by atoms with Crippen molar-refractivity contribution in [3.8, 4) is 28.8 Å². The number of nitrogens with two attached hydrogens (primary N) is 1. The van der Waals surface area contributed by atoms with Gasteiger partial charge in [0.2, 0.25) is 0 Å². The van der Waals surface area contributed by atoms with Crippen LogP contribution in [0.2, 0.25) is 5.02 Å². The van der Waals surface area contributed by atoms with E-state index in [4.69, 9.17) is 17.3 Å². The zero-order valence-electron chi connectivity index (χ0n) is 19.5. The predicted molar refractivity (Wildman–Crippen MR) is 137 cm³/mol. The van der Waals surface area contributed by atoms with Gasteiger partial charge in [0.1, 0.15) is 16.4 Å². The Morgan fingerprint density at radius 3 is 2.34 bits per heavy atom. The average molecular weight is 539 g/mol. The third-order valence-electron chi connectivity index (χ3n) is 4.54. The maximum absolute atomic E-state index is 15.2. The molecule has 11 heteroatoms. The summed E-state index contributed by atoms with van der Waals surface area (Å²) in [4.78, 5) is 12.8. The highest BCUT2D eigenvalue weighted by molar-refractivity contribution is 7.91. The molecule has 0 bridgehead atoms. The van der Waals surface area contributed by atoms with Crippen LogP contribution in [0.3, 0.4) is 0 Å². The summed E-state index contributed by atoms with van der Waals surface area (Å²) < 4.78 is 42.1. The van der Waals surface area contributed by atoms with Crippen molar-refractivity contribution in [1.82, 2.24) is 15.1 Å². The van der Waals surface area contributed by atoms with Crippen LogP contribution in [0.1, 0.15) is 36.8 Å². The minimum atomic E-state index is -3.98. The molecular formula is C24H25Cl2FN4O3S. The molecule has 186 valence electrons. The SMILES string of the molecule is CC(C)(C)NC(=O)c1nn(-c2ccc(C#CCN)cc2F)c(-c2ccc(Cl)cc2)c1S(C)(=O)=O.Cl. The largest absolute Gasteiger partial charge is 0.346 e. The van der Waals surface area contributed by atoms with Crippen LogP contribution in [0.5, 0.6) is 0 Å². The standard InChI is InChI=1S/C24H24ClFN4O3S.ClH/c1-24(2,3)28-23(31)20-22(34(4,32)33)21(16-8-10-17(25)11-9-16)30(29-20)19-12-7-15(6-5-13-27)14-18(19)26;/h7-12,14H,13,27H2,1-4H3,(H,28,31);1H. The van der Waals surface area contributed by atoms with Crippen molar-refractivity contribution >= 4 is 39.8 Å².